The molecule has 1 aromatic heterocycles. The number of nitrogens with one attached hydrogen (secondary N) is 1. The molecule has 1 aliphatic heterocycles. The Balaban J connectivity index is 0.00000242. The third kappa shape index (κ3) is 7.05. The third-order valence-electron chi connectivity index (χ3n) is 3.74. The fourth-order valence-corrected chi connectivity index (χ4v) is 2.35. The molecule has 2 rings (SSSR count). The summed E-state index contributed by atoms with van der Waals surface area (Å²) in [5, 5.41) is 7.12. The highest BCUT2D eigenvalue weighted by molar-refractivity contribution is 5.94. The van der Waals surface area contributed by atoms with E-state index >= 15 is 0 Å². The summed E-state index contributed by atoms with van der Waals surface area (Å²) in [6, 6.07) is 1.30. The summed E-state index contributed by atoms with van der Waals surface area (Å²) in [6.07, 6.45) is 3.54. The second-order valence-corrected chi connectivity index (χ2v) is 5.73. The summed E-state index contributed by atoms with van der Waals surface area (Å²) in [6.45, 7) is 3.06. The smallest absolute Gasteiger partial charge is 0.242 e. The number of nitrogens with zero attached hydrogens (tertiary/aromatic N) is 3. The maximum absolute atomic E-state index is 12.2. The van der Waals surface area contributed by atoms with Crippen molar-refractivity contribution in [2.75, 3.05) is 39.2 Å². The number of likely N-dealkylation sites (N-methyl/N-ethyl adjacent to an activating group) is 1. The molecule has 23 heavy (non-hydrogen) atoms. The average molecular weight is 368 g/mol. The second kappa shape index (κ2) is 10.8. The molecule has 3 N–H and O–H groups in total. The molecule has 0 aliphatic carbocycles. The highest BCUT2D eigenvalue weighted by atomic mass is 35.5. The fraction of sp³-hybridized carbons (Fsp3) is 0.714. The predicted molar refractivity (Wildman–Crippen MR) is 95.4 cm³/mol. The van der Waals surface area contributed by atoms with Gasteiger partial charge in [0, 0.05) is 32.0 Å². The number of amides is 1. The number of carbonyl (C=O) groups is 1. The minimum absolute atomic E-state index is 0. The molecule has 1 amide bonds. The summed E-state index contributed by atoms with van der Waals surface area (Å²) >= 11 is 0. The lowest BCUT2D eigenvalue weighted by molar-refractivity contribution is -0.119. The number of carbonyl (C=O) groups excluding carboxylic acids is 1. The van der Waals surface area contributed by atoms with Crippen LogP contribution in [-0.2, 0) is 16.1 Å². The Hall–Kier alpha value is -0.860. The summed E-state index contributed by atoms with van der Waals surface area (Å²) in [7, 11) is 4.03. The van der Waals surface area contributed by atoms with Gasteiger partial charge in [0.05, 0.1) is 12.6 Å². The van der Waals surface area contributed by atoms with E-state index in [2.05, 4.69) is 15.3 Å². The van der Waals surface area contributed by atoms with E-state index in [0.717, 1.165) is 25.9 Å². The van der Waals surface area contributed by atoms with Gasteiger partial charge in [-0.25, -0.2) is 0 Å². The fourth-order valence-electron chi connectivity index (χ4n) is 2.35. The van der Waals surface area contributed by atoms with Crippen molar-refractivity contribution in [1.29, 1.82) is 0 Å². The van der Waals surface area contributed by atoms with Crippen molar-refractivity contribution in [1.82, 2.24) is 14.7 Å². The first-order valence-corrected chi connectivity index (χ1v) is 7.38. The van der Waals surface area contributed by atoms with Crippen LogP contribution in [0.5, 0.6) is 0 Å². The number of halogens is 2. The van der Waals surface area contributed by atoms with Gasteiger partial charge in [0.2, 0.25) is 5.91 Å². The molecular weight excluding hydrogens is 341 g/mol. The van der Waals surface area contributed by atoms with Crippen molar-refractivity contribution in [3.63, 3.8) is 0 Å². The highest BCUT2D eigenvalue weighted by Gasteiger charge is 2.26. The van der Waals surface area contributed by atoms with Gasteiger partial charge in [0.15, 0.2) is 5.82 Å². The van der Waals surface area contributed by atoms with Gasteiger partial charge in [-0.1, -0.05) is 0 Å². The van der Waals surface area contributed by atoms with E-state index in [9.17, 15) is 4.79 Å². The quantitative estimate of drug-likeness (QED) is 0.782. The van der Waals surface area contributed by atoms with Crippen molar-refractivity contribution in [2.45, 2.75) is 25.4 Å². The van der Waals surface area contributed by atoms with Crippen LogP contribution in [0.3, 0.4) is 0 Å². The molecule has 0 aromatic carbocycles. The SMILES string of the molecule is CN(C)CCn1ccc(NC(=O)C(N)C2CCOCC2)n1.Cl.Cl. The number of hydrogen-bond acceptors (Lipinski definition) is 5. The van der Waals surface area contributed by atoms with Gasteiger partial charge < -0.3 is 20.7 Å². The molecule has 0 bridgehead atoms. The first-order valence-electron chi connectivity index (χ1n) is 7.38. The molecule has 134 valence electrons. The van der Waals surface area contributed by atoms with Crippen LogP contribution in [0.4, 0.5) is 5.82 Å². The number of anilines is 1. The summed E-state index contributed by atoms with van der Waals surface area (Å²) < 4.78 is 7.11. The van der Waals surface area contributed by atoms with Crippen molar-refractivity contribution >= 4 is 36.5 Å². The number of ether oxygens (including phenoxy) is 1. The van der Waals surface area contributed by atoms with Crippen LogP contribution in [0.1, 0.15) is 12.8 Å². The minimum atomic E-state index is -0.499. The van der Waals surface area contributed by atoms with E-state index in [0.29, 0.717) is 19.0 Å². The molecule has 1 aliphatic rings. The van der Waals surface area contributed by atoms with Gasteiger partial charge in [0.25, 0.3) is 0 Å². The Morgan fingerprint density at radius 3 is 2.74 bits per heavy atom. The lowest BCUT2D eigenvalue weighted by atomic mass is 9.92. The highest BCUT2D eigenvalue weighted by Crippen LogP contribution is 2.18. The van der Waals surface area contributed by atoms with Crippen LogP contribution in [0.25, 0.3) is 0 Å². The Morgan fingerprint density at radius 1 is 1.48 bits per heavy atom. The van der Waals surface area contributed by atoms with Gasteiger partial charge in [-0.05, 0) is 32.9 Å². The number of hydrogen-bond donors (Lipinski definition) is 2. The molecule has 1 saturated heterocycles. The van der Waals surface area contributed by atoms with Crippen molar-refractivity contribution in [3.8, 4) is 0 Å². The Labute approximate surface area is 149 Å². The zero-order chi connectivity index (χ0) is 15.2. The number of aromatic nitrogens is 2. The van der Waals surface area contributed by atoms with Crippen LogP contribution in [0.2, 0.25) is 0 Å². The van der Waals surface area contributed by atoms with Gasteiger partial charge in [-0.3, -0.25) is 9.48 Å². The molecule has 0 spiro atoms. The molecule has 1 fully saturated rings. The van der Waals surface area contributed by atoms with Gasteiger partial charge in [0.1, 0.15) is 0 Å². The monoisotopic (exact) mass is 367 g/mol. The van der Waals surface area contributed by atoms with Crippen LogP contribution >= 0.6 is 24.8 Å². The average Bonchev–Trinajstić information content (AvgIpc) is 2.92. The van der Waals surface area contributed by atoms with Crippen molar-refractivity contribution < 1.29 is 9.53 Å². The Bertz CT molecular complexity index is 464. The van der Waals surface area contributed by atoms with E-state index in [4.69, 9.17) is 10.5 Å². The van der Waals surface area contributed by atoms with Crippen LogP contribution < -0.4 is 11.1 Å². The molecule has 0 saturated carbocycles. The molecule has 1 aromatic rings. The lowest BCUT2D eigenvalue weighted by Gasteiger charge is -2.26. The standard InChI is InChI=1S/C14H25N5O2.2ClH/c1-18(2)7-8-19-6-3-12(17-19)16-14(20)13(15)11-4-9-21-10-5-11;;/h3,6,11,13H,4-5,7-10,15H2,1-2H3,(H,16,17,20);2*1H. The van der Waals surface area contributed by atoms with Gasteiger partial charge in [-0.15, -0.1) is 24.8 Å². The normalized spacial score (nSPS) is 16.3. The van der Waals surface area contributed by atoms with Crippen molar-refractivity contribution in [2.24, 2.45) is 11.7 Å². The van der Waals surface area contributed by atoms with Crippen molar-refractivity contribution in [3.05, 3.63) is 12.3 Å². The van der Waals surface area contributed by atoms with E-state index in [1.54, 1.807) is 6.07 Å². The summed E-state index contributed by atoms with van der Waals surface area (Å²) in [5.41, 5.74) is 6.04. The molecule has 2 heterocycles. The van der Waals surface area contributed by atoms with Gasteiger partial charge >= 0.3 is 0 Å². The first-order chi connectivity index (χ1) is 10.1. The molecule has 9 heteroatoms. The maximum atomic E-state index is 12.2. The molecule has 1 atom stereocenters. The van der Waals surface area contributed by atoms with E-state index in [-0.39, 0.29) is 36.6 Å². The molecular formula is C14H27Cl2N5O2. The van der Waals surface area contributed by atoms with Gasteiger partial charge in [-0.2, -0.15) is 5.10 Å². The van der Waals surface area contributed by atoms with Crippen LogP contribution in [0, 0.1) is 5.92 Å². The van der Waals surface area contributed by atoms with E-state index < -0.39 is 6.04 Å². The van der Waals surface area contributed by atoms with E-state index in [1.165, 1.54) is 0 Å². The number of rotatable bonds is 6. The molecule has 0 radical (unpaired) electrons. The van der Waals surface area contributed by atoms with Crippen LogP contribution in [0.15, 0.2) is 12.3 Å². The summed E-state index contributed by atoms with van der Waals surface area (Å²) in [4.78, 5) is 14.2. The zero-order valence-electron chi connectivity index (χ0n) is 13.6. The maximum Gasteiger partial charge on any atom is 0.242 e. The largest absolute Gasteiger partial charge is 0.381 e. The Morgan fingerprint density at radius 2 is 2.13 bits per heavy atom. The lowest BCUT2D eigenvalue weighted by Crippen LogP contribution is -2.44. The third-order valence-corrected chi connectivity index (χ3v) is 3.74. The number of nitrogens with two attached hydrogens (primary N) is 1. The van der Waals surface area contributed by atoms with Crippen LogP contribution in [-0.4, -0.2) is 60.5 Å². The molecule has 7 nitrogen and oxygen atoms in total. The topological polar surface area (TPSA) is 85.4 Å². The first kappa shape index (κ1) is 22.1. The minimum Gasteiger partial charge on any atom is -0.381 e. The summed E-state index contributed by atoms with van der Waals surface area (Å²) in [5.74, 6) is 0.579. The predicted octanol–water partition coefficient (Wildman–Crippen LogP) is 0.981. The molecule has 1 unspecified atom stereocenters. The van der Waals surface area contributed by atoms with E-state index in [1.807, 2.05) is 25.0 Å². The zero-order valence-corrected chi connectivity index (χ0v) is 15.2. The second-order valence-electron chi connectivity index (χ2n) is 5.73. The Kier molecular flexibility index (Phi) is 10.4.